The van der Waals surface area contributed by atoms with Gasteiger partial charge in [0.15, 0.2) is 11.1 Å². The van der Waals surface area contributed by atoms with Crippen molar-refractivity contribution >= 4 is 22.8 Å². The Morgan fingerprint density at radius 3 is 2.45 bits per heavy atom. The van der Waals surface area contributed by atoms with Gasteiger partial charge >= 0.3 is 5.69 Å². The van der Waals surface area contributed by atoms with E-state index in [4.69, 9.17) is 21.7 Å². The fourth-order valence-electron chi connectivity index (χ4n) is 3.59. The zero-order valence-corrected chi connectivity index (χ0v) is 19.3. The van der Waals surface area contributed by atoms with Crippen molar-refractivity contribution in [1.82, 2.24) is 18.7 Å². The summed E-state index contributed by atoms with van der Waals surface area (Å²) >= 11 is 6.30. The van der Waals surface area contributed by atoms with Crippen LogP contribution in [0.1, 0.15) is 66.7 Å². The average molecular weight is 426 g/mol. The van der Waals surface area contributed by atoms with Crippen molar-refractivity contribution in [3.63, 3.8) is 0 Å². The lowest BCUT2D eigenvalue weighted by Gasteiger charge is -2.17. The first-order chi connectivity index (χ1) is 13.9. The maximum absolute atomic E-state index is 13.0. The van der Waals surface area contributed by atoms with E-state index in [-0.39, 0.29) is 16.6 Å². The lowest BCUT2D eigenvalue weighted by molar-refractivity contribution is 0.287. The van der Waals surface area contributed by atoms with Crippen LogP contribution >= 0.6 is 11.6 Å². The summed E-state index contributed by atoms with van der Waals surface area (Å²) in [7, 11) is 0. The summed E-state index contributed by atoms with van der Waals surface area (Å²) in [5.74, 6) is 0.352. The van der Waals surface area contributed by atoms with E-state index >= 15 is 0 Å². The lowest BCUT2D eigenvalue weighted by atomic mass is 10.0. The zero-order chi connectivity index (χ0) is 21.6. The van der Waals surface area contributed by atoms with E-state index in [1.54, 1.807) is 9.13 Å². The highest BCUT2D eigenvalue weighted by Crippen LogP contribution is 2.23. The van der Waals surface area contributed by atoms with Crippen molar-refractivity contribution in [2.24, 2.45) is 5.92 Å². The Hall–Kier alpha value is -1.76. The molecule has 0 aromatic carbocycles. The van der Waals surface area contributed by atoms with Crippen LogP contribution in [0, 0.1) is 11.3 Å². The van der Waals surface area contributed by atoms with Crippen molar-refractivity contribution in [3.8, 4) is 6.01 Å². The highest BCUT2D eigenvalue weighted by molar-refractivity contribution is 6.20. The third-order valence-electron chi connectivity index (χ3n) is 5.36. The molecule has 0 aliphatic heterocycles. The van der Waals surface area contributed by atoms with E-state index < -0.39 is 0 Å². The zero-order valence-electron chi connectivity index (χ0n) is 18.5. The van der Waals surface area contributed by atoms with Crippen LogP contribution in [0.15, 0.2) is 4.79 Å². The second kappa shape index (κ2) is 10.9. The van der Waals surface area contributed by atoms with Gasteiger partial charge in [-0.25, -0.2) is 4.79 Å². The number of rotatable bonds is 12. The molecule has 2 unspecified atom stereocenters. The number of nitrogens with zero attached hydrogens (tertiary/aromatic N) is 4. The number of ether oxygens (including phenoxy) is 1. The van der Waals surface area contributed by atoms with E-state index in [0.717, 1.165) is 32.1 Å². The van der Waals surface area contributed by atoms with Crippen LogP contribution in [-0.2, 0) is 19.6 Å². The van der Waals surface area contributed by atoms with Crippen LogP contribution in [0.3, 0.4) is 0 Å². The summed E-state index contributed by atoms with van der Waals surface area (Å²) in [5, 5.41) is 8.96. The predicted molar refractivity (Wildman–Crippen MR) is 118 cm³/mol. The molecule has 7 nitrogen and oxygen atoms in total. The van der Waals surface area contributed by atoms with Gasteiger partial charge in [-0.1, -0.05) is 27.2 Å². The van der Waals surface area contributed by atoms with Gasteiger partial charge in [-0.15, -0.1) is 11.6 Å². The Morgan fingerprint density at radius 2 is 1.86 bits per heavy atom. The number of aryl methyl sites for hydroxylation is 1. The van der Waals surface area contributed by atoms with E-state index in [9.17, 15) is 4.79 Å². The fraction of sp³-hybridized carbons (Fsp3) is 0.762. The quantitative estimate of drug-likeness (QED) is 0.519. The van der Waals surface area contributed by atoms with Gasteiger partial charge in [0, 0.05) is 25.0 Å². The first kappa shape index (κ1) is 23.5. The number of unbranched alkanes of at least 4 members (excludes halogenated alkanes) is 1. The molecule has 2 atom stereocenters. The highest BCUT2D eigenvalue weighted by Gasteiger charge is 2.21. The Balaban J connectivity index is 2.58. The molecule has 0 aliphatic rings. The first-order valence-corrected chi connectivity index (χ1v) is 11.4. The molecule has 0 aliphatic carbocycles. The van der Waals surface area contributed by atoms with Gasteiger partial charge in [0.2, 0.25) is 0 Å². The number of imidazole rings is 1. The van der Waals surface area contributed by atoms with Crippen LogP contribution < -0.4 is 15.9 Å². The molecule has 0 saturated heterocycles. The lowest BCUT2D eigenvalue weighted by Crippen LogP contribution is -2.40. The average Bonchev–Trinajstić information content (AvgIpc) is 3.04. The predicted octanol–water partition coefficient (Wildman–Crippen LogP) is 4.13. The summed E-state index contributed by atoms with van der Waals surface area (Å²) in [6.07, 6.45) is 4.73. The molecule has 2 aromatic rings. The number of nitrogens with one attached hydrogen (secondary N) is 1. The summed E-state index contributed by atoms with van der Waals surface area (Å²) in [6, 6.07) is 0.482. The van der Waals surface area contributed by atoms with E-state index in [0.29, 0.717) is 49.3 Å². The SMILES string of the molecule is CCCCn1c(=N)c2c(nc(OCC)n2CC(C)CCC(Cl)CC)n(CC)c1=O. The highest BCUT2D eigenvalue weighted by atomic mass is 35.5. The Bertz CT molecular complexity index is 914. The molecular weight excluding hydrogens is 390 g/mol. The van der Waals surface area contributed by atoms with Gasteiger partial charge in [0.05, 0.1) is 6.61 Å². The van der Waals surface area contributed by atoms with Gasteiger partial charge < -0.3 is 4.74 Å². The van der Waals surface area contributed by atoms with Gasteiger partial charge in [-0.2, -0.15) is 4.98 Å². The Labute approximate surface area is 178 Å². The smallest absolute Gasteiger partial charge is 0.331 e. The molecule has 0 bridgehead atoms. The molecule has 2 rings (SSSR count). The van der Waals surface area contributed by atoms with Crippen molar-refractivity contribution < 1.29 is 4.74 Å². The normalized spacial score (nSPS) is 13.7. The maximum Gasteiger partial charge on any atom is 0.331 e. The number of aromatic nitrogens is 4. The van der Waals surface area contributed by atoms with E-state index in [1.807, 2.05) is 18.4 Å². The Morgan fingerprint density at radius 1 is 1.14 bits per heavy atom. The van der Waals surface area contributed by atoms with Crippen LogP contribution in [0.2, 0.25) is 0 Å². The van der Waals surface area contributed by atoms with Gasteiger partial charge in [-0.3, -0.25) is 19.1 Å². The number of hydrogen-bond acceptors (Lipinski definition) is 4. The molecule has 0 amide bonds. The first-order valence-electron chi connectivity index (χ1n) is 10.9. The van der Waals surface area contributed by atoms with Gasteiger partial charge in [0.25, 0.3) is 6.01 Å². The summed E-state index contributed by atoms with van der Waals surface area (Å²) in [4.78, 5) is 17.6. The van der Waals surface area contributed by atoms with E-state index in [1.165, 1.54) is 0 Å². The number of alkyl halides is 1. The molecule has 2 heterocycles. The second-order valence-corrected chi connectivity index (χ2v) is 8.30. The van der Waals surface area contributed by atoms with Crippen molar-refractivity contribution in [2.75, 3.05) is 6.61 Å². The standard InChI is InChI=1S/C21H36ClN5O2/c1-6-10-13-26-18(23)17-19(25(8-3)21(26)28)24-20(29-9-4)27(17)14-15(5)11-12-16(22)7-2/h15-16,23H,6-14H2,1-5H3. The summed E-state index contributed by atoms with van der Waals surface area (Å²) in [5.41, 5.74) is 1.26. The molecule has 164 valence electrons. The minimum atomic E-state index is -0.174. The molecule has 8 heteroatoms. The Kier molecular flexibility index (Phi) is 8.80. The topological polar surface area (TPSA) is 77.8 Å². The summed E-state index contributed by atoms with van der Waals surface area (Å²) in [6.45, 7) is 12.4. The minimum absolute atomic E-state index is 0.174. The van der Waals surface area contributed by atoms with Gasteiger partial charge in [0.1, 0.15) is 5.52 Å². The minimum Gasteiger partial charge on any atom is -0.465 e. The van der Waals surface area contributed by atoms with Crippen molar-refractivity contribution in [3.05, 3.63) is 16.0 Å². The van der Waals surface area contributed by atoms with Gasteiger partial charge in [-0.05, 0) is 45.4 Å². The van der Waals surface area contributed by atoms with Crippen LogP contribution in [0.4, 0.5) is 0 Å². The second-order valence-electron chi connectivity index (χ2n) is 7.68. The molecule has 1 N–H and O–H groups in total. The number of fused-ring (bicyclic) bond motifs is 1. The molecule has 0 saturated carbocycles. The molecule has 0 radical (unpaired) electrons. The largest absolute Gasteiger partial charge is 0.465 e. The monoisotopic (exact) mass is 425 g/mol. The third kappa shape index (κ3) is 5.24. The molecule has 29 heavy (non-hydrogen) atoms. The number of halogens is 1. The van der Waals surface area contributed by atoms with Crippen LogP contribution in [0.25, 0.3) is 11.2 Å². The van der Waals surface area contributed by atoms with Crippen LogP contribution in [-0.4, -0.2) is 30.7 Å². The third-order valence-corrected chi connectivity index (χ3v) is 5.89. The van der Waals surface area contributed by atoms with E-state index in [2.05, 4.69) is 25.8 Å². The van der Waals surface area contributed by atoms with Crippen molar-refractivity contribution in [1.29, 1.82) is 5.41 Å². The van der Waals surface area contributed by atoms with Crippen molar-refractivity contribution in [2.45, 2.75) is 91.7 Å². The fourth-order valence-corrected chi connectivity index (χ4v) is 3.72. The molecular formula is C21H36ClN5O2. The summed E-state index contributed by atoms with van der Waals surface area (Å²) < 4.78 is 11.0. The molecule has 0 fully saturated rings. The molecule has 2 aromatic heterocycles. The molecule has 0 spiro atoms. The van der Waals surface area contributed by atoms with Crippen LogP contribution in [0.5, 0.6) is 6.01 Å². The number of hydrogen-bond donors (Lipinski definition) is 1. The maximum atomic E-state index is 13.0.